The molecule has 0 saturated carbocycles. The zero-order valence-electron chi connectivity index (χ0n) is 15.9. The molecule has 1 amide bonds. The van der Waals surface area contributed by atoms with Gasteiger partial charge in [0, 0.05) is 17.6 Å². The van der Waals surface area contributed by atoms with Gasteiger partial charge in [0.2, 0.25) is 0 Å². The van der Waals surface area contributed by atoms with Crippen molar-refractivity contribution in [1.29, 1.82) is 0 Å². The summed E-state index contributed by atoms with van der Waals surface area (Å²) in [5, 5.41) is 8.03. The molecule has 1 N–H and O–H groups in total. The summed E-state index contributed by atoms with van der Waals surface area (Å²) in [4.78, 5) is 21.4. The van der Waals surface area contributed by atoms with Crippen molar-refractivity contribution in [3.63, 3.8) is 0 Å². The second-order valence-corrected chi connectivity index (χ2v) is 6.71. The van der Waals surface area contributed by atoms with Crippen LogP contribution in [-0.2, 0) is 13.0 Å². The van der Waals surface area contributed by atoms with Gasteiger partial charge in [-0.2, -0.15) is 5.10 Å². The fourth-order valence-corrected chi connectivity index (χ4v) is 3.20. The van der Waals surface area contributed by atoms with Gasteiger partial charge in [-0.05, 0) is 54.8 Å². The molecule has 2 aromatic heterocycles. The third-order valence-corrected chi connectivity index (χ3v) is 4.73. The van der Waals surface area contributed by atoms with Gasteiger partial charge >= 0.3 is 0 Å². The molecule has 0 atom stereocenters. The molecule has 0 aliphatic heterocycles. The third-order valence-electron chi connectivity index (χ3n) is 4.73. The van der Waals surface area contributed by atoms with Crippen LogP contribution in [0.4, 0.5) is 0 Å². The molecule has 2 aromatic carbocycles. The van der Waals surface area contributed by atoms with E-state index in [9.17, 15) is 4.79 Å². The summed E-state index contributed by atoms with van der Waals surface area (Å²) in [6.45, 7) is 4.46. The van der Waals surface area contributed by atoms with E-state index in [0.717, 1.165) is 34.3 Å². The van der Waals surface area contributed by atoms with Crippen LogP contribution in [0.15, 0.2) is 61.2 Å². The van der Waals surface area contributed by atoms with E-state index in [1.165, 1.54) is 11.9 Å². The van der Waals surface area contributed by atoms with Crippen LogP contribution in [0.1, 0.15) is 34.1 Å². The Morgan fingerprint density at radius 1 is 1.07 bits per heavy atom. The van der Waals surface area contributed by atoms with Crippen LogP contribution in [-0.4, -0.2) is 25.7 Å². The first-order valence-corrected chi connectivity index (χ1v) is 9.26. The van der Waals surface area contributed by atoms with Gasteiger partial charge in [0.1, 0.15) is 12.7 Å². The van der Waals surface area contributed by atoms with Crippen molar-refractivity contribution in [2.45, 2.75) is 26.8 Å². The largest absolute Gasteiger partial charge is 0.348 e. The second kappa shape index (κ2) is 7.60. The highest BCUT2D eigenvalue weighted by Gasteiger charge is 2.12. The minimum Gasteiger partial charge on any atom is -0.348 e. The van der Waals surface area contributed by atoms with Gasteiger partial charge in [-0.1, -0.05) is 25.1 Å². The average molecular weight is 371 g/mol. The first-order valence-electron chi connectivity index (χ1n) is 9.26. The predicted molar refractivity (Wildman–Crippen MR) is 108 cm³/mol. The smallest absolute Gasteiger partial charge is 0.252 e. The summed E-state index contributed by atoms with van der Waals surface area (Å²) in [6, 6.07) is 15.8. The van der Waals surface area contributed by atoms with Crippen molar-refractivity contribution in [1.82, 2.24) is 25.1 Å². The van der Waals surface area contributed by atoms with Crippen molar-refractivity contribution < 1.29 is 4.79 Å². The Morgan fingerprint density at radius 2 is 1.86 bits per heavy atom. The number of aromatic nitrogens is 4. The van der Waals surface area contributed by atoms with Crippen LogP contribution in [0.25, 0.3) is 16.6 Å². The molecule has 6 nitrogen and oxygen atoms in total. The lowest BCUT2D eigenvalue weighted by molar-refractivity contribution is 0.0952. The molecule has 4 rings (SSSR count). The van der Waals surface area contributed by atoms with Crippen LogP contribution >= 0.6 is 0 Å². The summed E-state index contributed by atoms with van der Waals surface area (Å²) >= 11 is 0. The molecule has 6 heteroatoms. The van der Waals surface area contributed by atoms with E-state index in [0.29, 0.717) is 12.1 Å². The van der Waals surface area contributed by atoms with E-state index in [-0.39, 0.29) is 5.91 Å². The number of carbonyl (C=O) groups is 1. The summed E-state index contributed by atoms with van der Waals surface area (Å²) < 4.78 is 1.69. The Kier molecular flexibility index (Phi) is 4.85. The average Bonchev–Trinajstić information content (AvgIpc) is 3.26. The van der Waals surface area contributed by atoms with E-state index >= 15 is 0 Å². The lowest BCUT2D eigenvalue weighted by Gasteiger charge is -2.11. The van der Waals surface area contributed by atoms with Gasteiger partial charge in [-0.25, -0.2) is 9.67 Å². The van der Waals surface area contributed by atoms with Crippen LogP contribution in [0.3, 0.4) is 0 Å². The van der Waals surface area contributed by atoms with Gasteiger partial charge in [0.25, 0.3) is 5.91 Å². The Bertz CT molecular complexity index is 1120. The Morgan fingerprint density at radius 3 is 2.57 bits per heavy atom. The van der Waals surface area contributed by atoms with Crippen molar-refractivity contribution in [2.24, 2.45) is 0 Å². The topological polar surface area (TPSA) is 72.7 Å². The van der Waals surface area contributed by atoms with E-state index < -0.39 is 0 Å². The van der Waals surface area contributed by atoms with Crippen molar-refractivity contribution >= 4 is 16.8 Å². The molecule has 0 radical (unpaired) electrons. The molecule has 0 bridgehead atoms. The van der Waals surface area contributed by atoms with E-state index in [2.05, 4.69) is 39.4 Å². The normalized spacial score (nSPS) is 10.9. The fourth-order valence-electron chi connectivity index (χ4n) is 3.20. The highest BCUT2D eigenvalue weighted by Crippen LogP contribution is 2.21. The summed E-state index contributed by atoms with van der Waals surface area (Å²) in [7, 11) is 0. The van der Waals surface area contributed by atoms with Crippen LogP contribution in [0, 0.1) is 6.92 Å². The lowest BCUT2D eigenvalue weighted by Crippen LogP contribution is -2.23. The molecule has 0 aliphatic carbocycles. The summed E-state index contributed by atoms with van der Waals surface area (Å²) in [6.07, 6.45) is 4.07. The van der Waals surface area contributed by atoms with E-state index in [4.69, 9.17) is 0 Å². The number of aryl methyl sites for hydroxylation is 2. The first kappa shape index (κ1) is 17.9. The van der Waals surface area contributed by atoms with Crippen LogP contribution in [0.2, 0.25) is 0 Å². The van der Waals surface area contributed by atoms with Gasteiger partial charge in [-0.15, -0.1) is 0 Å². The highest BCUT2D eigenvalue weighted by atomic mass is 16.1. The standard InChI is InChI=1S/C22H21N5O/c1-3-16-6-9-21-19(11-16)20(10-15(2)26-21)22(28)24-12-17-4-7-18(8-5-17)27-14-23-13-25-27/h4-11,13-14H,3,12H2,1-2H3,(H,24,28). The van der Waals surface area contributed by atoms with Crippen molar-refractivity contribution in [3.8, 4) is 5.69 Å². The second-order valence-electron chi connectivity index (χ2n) is 6.71. The molecule has 0 unspecified atom stereocenters. The first-order chi connectivity index (χ1) is 13.6. The minimum absolute atomic E-state index is 0.0934. The maximum absolute atomic E-state index is 12.9. The number of nitrogens with one attached hydrogen (secondary N) is 1. The molecular weight excluding hydrogens is 350 g/mol. The zero-order chi connectivity index (χ0) is 19.5. The number of hydrogen-bond acceptors (Lipinski definition) is 4. The molecule has 140 valence electrons. The molecule has 28 heavy (non-hydrogen) atoms. The quantitative estimate of drug-likeness (QED) is 0.582. The number of benzene rings is 2. The predicted octanol–water partition coefficient (Wildman–Crippen LogP) is 3.62. The fraction of sp³-hybridized carbons (Fsp3) is 0.182. The molecule has 0 fully saturated rings. The van der Waals surface area contributed by atoms with Crippen molar-refractivity contribution in [2.75, 3.05) is 0 Å². The number of fused-ring (bicyclic) bond motifs is 1. The lowest BCUT2D eigenvalue weighted by atomic mass is 10.0. The van der Waals surface area contributed by atoms with Gasteiger partial charge in [0.05, 0.1) is 16.8 Å². The highest BCUT2D eigenvalue weighted by molar-refractivity contribution is 6.06. The van der Waals surface area contributed by atoms with E-state index in [1.807, 2.05) is 43.3 Å². The number of nitrogens with zero attached hydrogens (tertiary/aromatic N) is 4. The minimum atomic E-state index is -0.0934. The third kappa shape index (κ3) is 3.62. The monoisotopic (exact) mass is 371 g/mol. The number of rotatable bonds is 5. The Hall–Kier alpha value is -3.54. The molecular formula is C22H21N5O. The molecule has 4 aromatic rings. The summed E-state index contributed by atoms with van der Waals surface area (Å²) in [5.41, 5.74) is 5.48. The summed E-state index contributed by atoms with van der Waals surface area (Å²) in [5.74, 6) is -0.0934. The Labute approximate surface area is 163 Å². The van der Waals surface area contributed by atoms with Crippen molar-refractivity contribution in [3.05, 3.63) is 83.6 Å². The number of pyridine rings is 1. The van der Waals surface area contributed by atoms with E-state index in [1.54, 1.807) is 11.0 Å². The van der Waals surface area contributed by atoms with Crippen LogP contribution in [0.5, 0.6) is 0 Å². The molecule has 0 aliphatic rings. The molecule has 2 heterocycles. The SMILES string of the molecule is CCc1ccc2nc(C)cc(C(=O)NCc3ccc(-n4cncn4)cc3)c2c1. The number of carbonyl (C=O) groups excluding carboxylic acids is 1. The zero-order valence-corrected chi connectivity index (χ0v) is 15.9. The maximum Gasteiger partial charge on any atom is 0.252 e. The van der Waals surface area contributed by atoms with Crippen LogP contribution < -0.4 is 5.32 Å². The van der Waals surface area contributed by atoms with Gasteiger partial charge in [0.15, 0.2) is 0 Å². The Balaban J connectivity index is 1.54. The van der Waals surface area contributed by atoms with Gasteiger partial charge in [-0.3, -0.25) is 9.78 Å². The number of amides is 1. The molecule has 0 spiro atoms. The number of hydrogen-bond donors (Lipinski definition) is 1. The maximum atomic E-state index is 12.9. The van der Waals surface area contributed by atoms with Gasteiger partial charge < -0.3 is 5.32 Å². The molecule has 0 saturated heterocycles.